The van der Waals surface area contributed by atoms with Crippen molar-refractivity contribution in [3.63, 3.8) is 0 Å². The van der Waals surface area contributed by atoms with Gasteiger partial charge < -0.3 is 19.8 Å². The number of nitrogens with zero attached hydrogens (tertiary/aromatic N) is 4. The van der Waals surface area contributed by atoms with E-state index in [2.05, 4.69) is 208 Å². The number of aromatic amines is 2. The molecule has 5 heterocycles. The second kappa shape index (κ2) is 20.5. The van der Waals surface area contributed by atoms with Crippen LogP contribution in [0.2, 0.25) is 10.0 Å². The molecule has 354 valence electrons. The van der Waals surface area contributed by atoms with Crippen LogP contribution in [0.1, 0.15) is 45.0 Å². The van der Waals surface area contributed by atoms with Crippen molar-refractivity contribution < 1.29 is 0 Å². The number of benzene rings is 7. The molecule has 0 aliphatic carbocycles. The van der Waals surface area contributed by atoms with Crippen LogP contribution in [-0.2, 0) is 0 Å². The Morgan fingerprint density at radius 2 is 0.730 bits per heavy atom. The van der Waals surface area contributed by atoms with Gasteiger partial charge in [0, 0.05) is 72.9 Å². The minimum Gasteiger partial charge on any atom is -0.355 e. The maximum atomic E-state index is 6.80. The van der Waals surface area contributed by atoms with Crippen LogP contribution in [0.15, 0.2) is 218 Å². The van der Waals surface area contributed by atoms with Crippen LogP contribution in [0.5, 0.6) is 0 Å². The molecule has 74 heavy (non-hydrogen) atoms. The van der Waals surface area contributed by atoms with Gasteiger partial charge in [-0.3, -0.25) is 0 Å². The summed E-state index contributed by atoms with van der Waals surface area (Å²) in [7, 11) is 0. The van der Waals surface area contributed by atoms with Gasteiger partial charge >= 0.3 is 0 Å². The quantitative estimate of drug-likeness (QED) is 0.127. The normalized spacial score (nSPS) is 12.0. The highest BCUT2D eigenvalue weighted by Crippen LogP contribution is 2.40. The standard InChI is InChI=1S/C66H46Cl2N6/c67-59-17-10-18-60(68)65(59)66-63-41-30-50(71-63)43-48-28-39-61(69-48)58(62-40-29-49(70-62)44-51-31-42-64(66)72-51)38-27-47-25-36-57(37-26-47)74(54-15-8-3-9-16-54)56-34-23-46(24-35-56)20-19-45-21-32-55(33-22-45)73(52-11-4-1-5-12-52)53-13-6-2-7-14-53/h1-44,69,72H/b20-19+,38-27+,48-43?,49-44?,50-43?,51-44?,61-58?,62-58?,66-63?,66-64?. The summed E-state index contributed by atoms with van der Waals surface area (Å²) in [6.07, 6.45) is 16.7. The summed E-state index contributed by atoms with van der Waals surface area (Å²) in [5.74, 6) is 0. The number of fused-ring (bicyclic) bond motifs is 8. The molecule has 0 atom stereocenters. The lowest BCUT2D eigenvalue weighted by molar-refractivity contribution is 1.28. The number of para-hydroxylation sites is 3. The number of aromatic nitrogens is 4. The van der Waals surface area contributed by atoms with E-state index in [1.165, 1.54) is 0 Å². The molecule has 10 aromatic rings. The van der Waals surface area contributed by atoms with Gasteiger partial charge in [-0.25, -0.2) is 9.97 Å². The Bertz CT molecular complexity index is 3890. The van der Waals surface area contributed by atoms with Gasteiger partial charge in [0.15, 0.2) is 0 Å². The van der Waals surface area contributed by atoms with Crippen LogP contribution in [0.25, 0.3) is 81.8 Å². The Kier molecular flexibility index (Phi) is 12.7. The maximum absolute atomic E-state index is 6.80. The first-order valence-corrected chi connectivity index (χ1v) is 25.2. The van der Waals surface area contributed by atoms with E-state index < -0.39 is 0 Å². The summed E-state index contributed by atoms with van der Waals surface area (Å²) in [4.78, 5) is 21.9. The van der Waals surface area contributed by atoms with Crippen LogP contribution in [0, 0.1) is 0 Å². The number of hydrogen-bond donors (Lipinski definition) is 2. The molecule has 12 rings (SSSR count). The van der Waals surface area contributed by atoms with Crippen molar-refractivity contribution >= 4 is 128 Å². The van der Waals surface area contributed by atoms with Gasteiger partial charge in [-0.15, -0.1) is 0 Å². The highest BCUT2D eigenvalue weighted by Gasteiger charge is 2.18. The van der Waals surface area contributed by atoms with Gasteiger partial charge in [-0.1, -0.05) is 145 Å². The van der Waals surface area contributed by atoms with E-state index in [9.17, 15) is 0 Å². The topological polar surface area (TPSA) is 63.8 Å². The number of H-pyrrole nitrogens is 2. The minimum absolute atomic E-state index is 0.550. The predicted molar refractivity (Wildman–Crippen MR) is 314 cm³/mol. The first-order valence-electron chi connectivity index (χ1n) is 24.4. The number of nitrogens with one attached hydrogen (secondary N) is 2. The molecule has 0 saturated carbocycles. The molecule has 8 bridgehead atoms. The van der Waals surface area contributed by atoms with Gasteiger partial charge in [-0.2, -0.15) is 0 Å². The second-order valence-corrected chi connectivity index (χ2v) is 18.8. The largest absolute Gasteiger partial charge is 0.355 e. The predicted octanol–water partition coefficient (Wildman–Crippen LogP) is 18.9. The fraction of sp³-hybridized carbons (Fsp3) is 0. The zero-order valence-electron chi connectivity index (χ0n) is 39.9. The van der Waals surface area contributed by atoms with Crippen molar-refractivity contribution in [2.75, 3.05) is 9.80 Å². The highest BCUT2D eigenvalue weighted by molar-refractivity contribution is 6.39. The van der Waals surface area contributed by atoms with Crippen molar-refractivity contribution in [2.24, 2.45) is 0 Å². The van der Waals surface area contributed by atoms with Crippen molar-refractivity contribution in [2.45, 2.75) is 0 Å². The summed E-state index contributed by atoms with van der Waals surface area (Å²) >= 11 is 13.6. The Morgan fingerprint density at radius 1 is 0.338 bits per heavy atom. The van der Waals surface area contributed by atoms with Crippen molar-refractivity contribution in [3.8, 4) is 11.1 Å². The summed E-state index contributed by atoms with van der Waals surface area (Å²) in [6.45, 7) is 0. The first kappa shape index (κ1) is 45.9. The van der Waals surface area contributed by atoms with Crippen molar-refractivity contribution in [3.05, 3.63) is 273 Å². The fourth-order valence-corrected chi connectivity index (χ4v) is 10.1. The molecular weight excluding hydrogens is 948 g/mol. The molecule has 0 spiro atoms. The maximum Gasteiger partial charge on any atom is 0.0738 e. The first-order chi connectivity index (χ1) is 36.5. The average Bonchev–Trinajstić information content (AvgIpc) is 4.30. The van der Waals surface area contributed by atoms with Crippen LogP contribution in [0.3, 0.4) is 0 Å². The van der Waals surface area contributed by atoms with Crippen LogP contribution in [-0.4, -0.2) is 19.9 Å². The van der Waals surface area contributed by atoms with Crippen molar-refractivity contribution in [1.29, 1.82) is 0 Å². The summed E-state index contributed by atoms with van der Waals surface area (Å²) < 4.78 is 0. The van der Waals surface area contributed by atoms with E-state index in [0.717, 1.165) is 112 Å². The molecule has 7 aromatic carbocycles. The summed E-state index contributed by atoms with van der Waals surface area (Å²) in [6, 6.07) is 75.4. The van der Waals surface area contributed by atoms with Gasteiger partial charge in [-0.05, 0) is 162 Å². The SMILES string of the molecule is Clc1cccc(Cl)c1-c1c2nc(cc3ccc([nH]3)c(/C=C/c3ccc(N(c4ccccc4)c4ccc(/C=C/c5ccc(N(c6ccccc6)c6ccccc6)cc5)cc4)cc3)c3nc(cc4ccc1[nH]4)C=C3)C=C2. The number of anilines is 6. The van der Waals surface area contributed by atoms with Crippen LogP contribution >= 0.6 is 23.2 Å². The molecule has 8 heteroatoms. The smallest absolute Gasteiger partial charge is 0.0738 e. The van der Waals surface area contributed by atoms with E-state index in [1.807, 2.05) is 78.9 Å². The molecule has 0 unspecified atom stereocenters. The van der Waals surface area contributed by atoms with Crippen molar-refractivity contribution in [1.82, 2.24) is 19.9 Å². The Balaban J connectivity index is 0.823. The third-order valence-electron chi connectivity index (χ3n) is 13.1. The average molecular weight is 994 g/mol. The zero-order valence-corrected chi connectivity index (χ0v) is 41.5. The monoisotopic (exact) mass is 992 g/mol. The molecule has 3 aromatic heterocycles. The van der Waals surface area contributed by atoms with E-state index >= 15 is 0 Å². The van der Waals surface area contributed by atoms with E-state index in [1.54, 1.807) is 0 Å². The lowest BCUT2D eigenvalue weighted by Gasteiger charge is -2.25. The minimum atomic E-state index is 0.550. The second-order valence-electron chi connectivity index (χ2n) is 18.0. The molecule has 2 aliphatic rings. The lowest BCUT2D eigenvalue weighted by atomic mass is 10.0. The van der Waals surface area contributed by atoms with Crippen LogP contribution in [0.4, 0.5) is 34.1 Å². The Hall–Kier alpha value is -9.20. The molecule has 0 radical (unpaired) electrons. The van der Waals surface area contributed by atoms with Gasteiger partial charge in [0.05, 0.1) is 32.8 Å². The molecule has 0 saturated heterocycles. The third kappa shape index (κ3) is 9.76. The molecule has 0 amide bonds. The number of hydrogen-bond acceptors (Lipinski definition) is 4. The summed E-state index contributed by atoms with van der Waals surface area (Å²) in [5.41, 5.74) is 19.1. The Morgan fingerprint density at radius 3 is 1.20 bits per heavy atom. The van der Waals surface area contributed by atoms with E-state index in [-0.39, 0.29) is 0 Å². The Labute approximate surface area is 439 Å². The molecule has 0 fully saturated rings. The number of rotatable bonds is 11. The molecular formula is C66H46Cl2N6. The van der Waals surface area contributed by atoms with E-state index in [0.29, 0.717) is 10.0 Å². The molecule has 2 aliphatic heterocycles. The molecule has 6 nitrogen and oxygen atoms in total. The van der Waals surface area contributed by atoms with Gasteiger partial charge in [0.2, 0.25) is 0 Å². The van der Waals surface area contributed by atoms with Gasteiger partial charge in [0.25, 0.3) is 0 Å². The van der Waals surface area contributed by atoms with Gasteiger partial charge in [0.1, 0.15) is 0 Å². The van der Waals surface area contributed by atoms with E-state index in [4.69, 9.17) is 33.2 Å². The highest BCUT2D eigenvalue weighted by atomic mass is 35.5. The third-order valence-corrected chi connectivity index (χ3v) is 13.7. The fourth-order valence-electron chi connectivity index (χ4n) is 9.47. The lowest BCUT2D eigenvalue weighted by Crippen LogP contribution is -2.09. The number of halogens is 2. The summed E-state index contributed by atoms with van der Waals surface area (Å²) in [5, 5.41) is 1.10. The van der Waals surface area contributed by atoms with Crippen LogP contribution < -0.4 is 9.80 Å². The molecule has 2 N–H and O–H groups in total. The zero-order chi connectivity index (χ0) is 49.8.